The highest BCUT2D eigenvalue weighted by molar-refractivity contribution is 5.81. The topological polar surface area (TPSA) is 49.9 Å². The zero-order valence-electron chi connectivity index (χ0n) is 15.6. The van der Waals surface area contributed by atoms with Gasteiger partial charge in [0.05, 0.1) is 6.61 Å². The van der Waals surface area contributed by atoms with Crippen LogP contribution in [0.4, 0.5) is 0 Å². The molecule has 0 radical (unpaired) electrons. The third-order valence-electron chi connectivity index (χ3n) is 4.74. The van der Waals surface area contributed by atoms with Crippen LogP contribution in [0.3, 0.4) is 0 Å². The first kappa shape index (κ1) is 19.4. The van der Waals surface area contributed by atoms with Gasteiger partial charge in [0, 0.05) is 45.1 Å². The van der Waals surface area contributed by atoms with Gasteiger partial charge in [-0.2, -0.15) is 0 Å². The van der Waals surface area contributed by atoms with Gasteiger partial charge in [-0.1, -0.05) is 44.2 Å². The molecule has 25 heavy (non-hydrogen) atoms. The van der Waals surface area contributed by atoms with E-state index in [1.165, 1.54) is 0 Å². The Hall–Kier alpha value is -1.88. The fourth-order valence-corrected chi connectivity index (χ4v) is 3.24. The third kappa shape index (κ3) is 5.56. The molecule has 0 aliphatic carbocycles. The molecule has 5 heteroatoms. The molecule has 1 fully saturated rings. The highest BCUT2D eigenvalue weighted by atomic mass is 16.5. The number of likely N-dealkylation sites (tertiary alicyclic amines) is 1. The van der Waals surface area contributed by atoms with E-state index in [0.717, 1.165) is 18.4 Å². The number of hydrogen-bond donors (Lipinski definition) is 0. The van der Waals surface area contributed by atoms with Crippen molar-refractivity contribution in [3.05, 3.63) is 35.9 Å². The van der Waals surface area contributed by atoms with Crippen LogP contribution >= 0.6 is 0 Å². The number of methoxy groups -OCH3 is 1. The van der Waals surface area contributed by atoms with Crippen molar-refractivity contribution in [2.24, 2.45) is 11.8 Å². The van der Waals surface area contributed by atoms with Crippen LogP contribution < -0.4 is 0 Å². The van der Waals surface area contributed by atoms with Gasteiger partial charge in [-0.05, 0) is 18.4 Å². The van der Waals surface area contributed by atoms with Gasteiger partial charge in [0.1, 0.15) is 0 Å². The molecular formula is C20H30N2O3. The summed E-state index contributed by atoms with van der Waals surface area (Å²) in [4.78, 5) is 28.9. The van der Waals surface area contributed by atoms with E-state index in [9.17, 15) is 9.59 Å². The summed E-state index contributed by atoms with van der Waals surface area (Å²) in [5.41, 5.74) is 1.12. The lowest BCUT2D eigenvalue weighted by molar-refractivity contribution is -0.142. The van der Waals surface area contributed by atoms with Crippen molar-refractivity contribution in [2.75, 3.05) is 33.4 Å². The number of piperidine rings is 1. The van der Waals surface area contributed by atoms with Crippen LogP contribution in [0.25, 0.3) is 0 Å². The minimum Gasteiger partial charge on any atom is -0.383 e. The summed E-state index contributed by atoms with van der Waals surface area (Å²) < 4.78 is 5.18. The van der Waals surface area contributed by atoms with Crippen LogP contribution in [0, 0.1) is 11.8 Å². The Morgan fingerprint density at radius 2 is 1.84 bits per heavy atom. The number of carbonyl (C=O) groups excluding carboxylic acids is 2. The Balaban J connectivity index is 1.96. The van der Waals surface area contributed by atoms with E-state index in [1.807, 2.05) is 54.0 Å². The lowest BCUT2D eigenvalue weighted by Gasteiger charge is -2.35. The number of benzene rings is 1. The second kappa shape index (κ2) is 9.56. The highest BCUT2D eigenvalue weighted by Crippen LogP contribution is 2.22. The van der Waals surface area contributed by atoms with E-state index in [-0.39, 0.29) is 23.7 Å². The second-order valence-electron chi connectivity index (χ2n) is 6.99. The van der Waals surface area contributed by atoms with E-state index in [2.05, 4.69) is 0 Å². The first-order valence-electron chi connectivity index (χ1n) is 9.13. The lowest BCUT2D eigenvalue weighted by Crippen LogP contribution is -2.45. The van der Waals surface area contributed by atoms with Crippen molar-refractivity contribution in [1.82, 2.24) is 9.80 Å². The molecule has 0 saturated carbocycles. The first-order valence-corrected chi connectivity index (χ1v) is 9.13. The van der Waals surface area contributed by atoms with Gasteiger partial charge in [0.15, 0.2) is 0 Å². The zero-order valence-corrected chi connectivity index (χ0v) is 15.6. The van der Waals surface area contributed by atoms with Gasteiger partial charge < -0.3 is 14.5 Å². The van der Waals surface area contributed by atoms with E-state index >= 15 is 0 Å². The van der Waals surface area contributed by atoms with Crippen LogP contribution in [0.1, 0.15) is 32.3 Å². The van der Waals surface area contributed by atoms with E-state index in [4.69, 9.17) is 4.74 Å². The fourth-order valence-electron chi connectivity index (χ4n) is 3.24. The SMILES string of the molecule is COCCN(Cc1ccccc1)C(=O)C1CCN(C(=O)C(C)C)CC1. The van der Waals surface area contributed by atoms with Gasteiger partial charge in [0.2, 0.25) is 11.8 Å². The van der Waals surface area contributed by atoms with Crippen LogP contribution in [-0.2, 0) is 20.9 Å². The van der Waals surface area contributed by atoms with Gasteiger partial charge in [-0.25, -0.2) is 0 Å². The average Bonchev–Trinajstić information content (AvgIpc) is 2.64. The van der Waals surface area contributed by atoms with Crippen molar-refractivity contribution in [1.29, 1.82) is 0 Å². The molecule has 1 aromatic rings. The normalized spacial score (nSPS) is 15.4. The maximum absolute atomic E-state index is 13.0. The Kier molecular flexibility index (Phi) is 7.44. The van der Waals surface area contributed by atoms with E-state index in [1.54, 1.807) is 7.11 Å². The molecule has 1 aliphatic heterocycles. The monoisotopic (exact) mass is 346 g/mol. The van der Waals surface area contributed by atoms with Gasteiger partial charge in [-0.3, -0.25) is 9.59 Å². The third-order valence-corrected chi connectivity index (χ3v) is 4.74. The van der Waals surface area contributed by atoms with Gasteiger partial charge >= 0.3 is 0 Å². The zero-order chi connectivity index (χ0) is 18.2. The summed E-state index contributed by atoms with van der Waals surface area (Å²) in [6.45, 7) is 6.93. The van der Waals surface area contributed by atoms with Crippen molar-refractivity contribution < 1.29 is 14.3 Å². The van der Waals surface area contributed by atoms with Crippen molar-refractivity contribution in [3.8, 4) is 0 Å². The molecule has 0 atom stereocenters. The maximum Gasteiger partial charge on any atom is 0.226 e. The fraction of sp³-hybridized carbons (Fsp3) is 0.600. The highest BCUT2D eigenvalue weighted by Gasteiger charge is 2.30. The molecule has 5 nitrogen and oxygen atoms in total. The molecular weight excluding hydrogens is 316 g/mol. The summed E-state index contributed by atoms with van der Waals surface area (Å²) in [5, 5.41) is 0. The first-order chi connectivity index (χ1) is 12.0. The number of hydrogen-bond acceptors (Lipinski definition) is 3. The summed E-state index contributed by atoms with van der Waals surface area (Å²) in [6.07, 6.45) is 1.49. The van der Waals surface area contributed by atoms with Gasteiger partial charge in [0.25, 0.3) is 0 Å². The number of ether oxygens (including phenoxy) is 1. The maximum atomic E-state index is 13.0. The minimum atomic E-state index is -0.00298. The quantitative estimate of drug-likeness (QED) is 0.762. The van der Waals surface area contributed by atoms with Crippen LogP contribution in [0.2, 0.25) is 0 Å². The molecule has 138 valence electrons. The summed E-state index contributed by atoms with van der Waals surface area (Å²) in [7, 11) is 1.65. The van der Waals surface area contributed by atoms with Crippen molar-refractivity contribution in [3.63, 3.8) is 0 Å². The summed E-state index contributed by atoms with van der Waals surface area (Å²) in [6, 6.07) is 10.0. The van der Waals surface area contributed by atoms with E-state index in [0.29, 0.717) is 32.8 Å². The Bertz CT molecular complexity index is 551. The van der Waals surface area contributed by atoms with Crippen LogP contribution in [0.15, 0.2) is 30.3 Å². The minimum absolute atomic E-state index is 0.00298. The molecule has 0 aromatic heterocycles. The molecule has 2 rings (SSSR count). The molecule has 1 saturated heterocycles. The van der Waals surface area contributed by atoms with E-state index < -0.39 is 0 Å². The number of nitrogens with zero attached hydrogens (tertiary/aromatic N) is 2. The predicted octanol–water partition coefficient (Wildman–Crippen LogP) is 2.56. The molecule has 1 heterocycles. The van der Waals surface area contributed by atoms with Gasteiger partial charge in [-0.15, -0.1) is 0 Å². The molecule has 0 N–H and O–H groups in total. The number of amides is 2. The molecule has 0 unspecified atom stereocenters. The van der Waals surface area contributed by atoms with Crippen LogP contribution in [0.5, 0.6) is 0 Å². The summed E-state index contributed by atoms with van der Waals surface area (Å²) >= 11 is 0. The van der Waals surface area contributed by atoms with Crippen molar-refractivity contribution >= 4 is 11.8 Å². The number of rotatable bonds is 7. The smallest absolute Gasteiger partial charge is 0.226 e. The Morgan fingerprint density at radius 3 is 2.40 bits per heavy atom. The molecule has 0 spiro atoms. The average molecular weight is 346 g/mol. The Labute approximate surface area is 150 Å². The standard InChI is InChI=1S/C20H30N2O3/c1-16(2)19(23)21-11-9-18(10-12-21)20(24)22(13-14-25-3)15-17-7-5-4-6-8-17/h4-8,16,18H,9-15H2,1-3H3. The molecule has 0 bridgehead atoms. The largest absolute Gasteiger partial charge is 0.383 e. The predicted molar refractivity (Wildman–Crippen MR) is 97.9 cm³/mol. The Morgan fingerprint density at radius 1 is 1.20 bits per heavy atom. The van der Waals surface area contributed by atoms with Crippen molar-refractivity contribution in [2.45, 2.75) is 33.2 Å². The second-order valence-corrected chi connectivity index (χ2v) is 6.99. The summed E-state index contributed by atoms with van der Waals surface area (Å²) in [5.74, 6) is 0.379. The lowest BCUT2D eigenvalue weighted by atomic mass is 9.94. The molecule has 1 aromatic carbocycles. The molecule has 2 amide bonds. The molecule has 1 aliphatic rings. The number of carbonyl (C=O) groups is 2. The van der Waals surface area contributed by atoms with Crippen LogP contribution in [-0.4, -0.2) is 55.0 Å².